The maximum atomic E-state index is 12.2. The minimum absolute atomic E-state index is 0.0980. The minimum Gasteiger partial charge on any atom is -0.477 e. The molecule has 0 aliphatic rings. The Balaban J connectivity index is 2.86. The molecule has 0 aliphatic carbocycles. The molecule has 0 unspecified atom stereocenters. The van der Waals surface area contributed by atoms with Gasteiger partial charge in [-0.2, -0.15) is 0 Å². The van der Waals surface area contributed by atoms with Crippen molar-refractivity contribution in [1.82, 2.24) is 4.57 Å². The van der Waals surface area contributed by atoms with Crippen molar-refractivity contribution < 1.29 is 9.90 Å². The average molecular weight is 265 g/mol. The highest BCUT2D eigenvalue weighted by Gasteiger charge is 2.15. The zero-order chi connectivity index (χ0) is 14.4. The Bertz CT molecular complexity index is 503. The minimum atomic E-state index is -1.14. The Morgan fingerprint density at radius 3 is 2.42 bits per heavy atom. The van der Waals surface area contributed by atoms with Crippen LogP contribution in [-0.4, -0.2) is 15.6 Å². The summed E-state index contributed by atoms with van der Waals surface area (Å²) in [6.07, 6.45) is 5.57. The molecule has 0 fully saturated rings. The van der Waals surface area contributed by atoms with E-state index in [0.717, 1.165) is 18.5 Å². The number of hydrogen-bond acceptors (Lipinski definition) is 2. The summed E-state index contributed by atoms with van der Waals surface area (Å²) >= 11 is 0. The Labute approximate surface area is 114 Å². The van der Waals surface area contributed by atoms with Crippen molar-refractivity contribution in [3.63, 3.8) is 0 Å². The maximum absolute atomic E-state index is 12.2. The standard InChI is InChI=1S/C15H23NO3/c1-4-5-6-7-8-9-16-12(3)10-11(2)13(14(16)17)15(18)19/h10H,4-9H2,1-3H3,(H,18,19). The van der Waals surface area contributed by atoms with E-state index in [1.54, 1.807) is 17.6 Å². The van der Waals surface area contributed by atoms with E-state index in [-0.39, 0.29) is 11.1 Å². The van der Waals surface area contributed by atoms with Crippen LogP contribution in [0.4, 0.5) is 0 Å². The van der Waals surface area contributed by atoms with E-state index in [1.807, 2.05) is 6.92 Å². The van der Waals surface area contributed by atoms with Gasteiger partial charge in [0.15, 0.2) is 0 Å². The number of carbonyl (C=O) groups is 1. The van der Waals surface area contributed by atoms with Crippen LogP contribution >= 0.6 is 0 Å². The summed E-state index contributed by atoms with van der Waals surface area (Å²) in [5.74, 6) is -1.14. The molecule has 1 N–H and O–H groups in total. The van der Waals surface area contributed by atoms with Crippen LogP contribution in [0.3, 0.4) is 0 Å². The van der Waals surface area contributed by atoms with Gasteiger partial charge < -0.3 is 9.67 Å². The molecule has 0 spiro atoms. The second-order valence-electron chi connectivity index (χ2n) is 5.02. The van der Waals surface area contributed by atoms with Gasteiger partial charge in [-0.15, -0.1) is 0 Å². The molecule has 0 saturated carbocycles. The number of hydrogen-bond donors (Lipinski definition) is 1. The molecule has 1 aromatic rings. The second kappa shape index (κ2) is 7.12. The highest BCUT2D eigenvalue weighted by atomic mass is 16.4. The lowest BCUT2D eigenvalue weighted by Crippen LogP contribution is -2.29. The van der Waals surface area contributed by atoms with Crippen LogP contribution in [0.1, 0.15) is 60.6 Å². The van der Waals surface area contributed by atoms with E-state index < -0.39 is 5.97 Å². The van der Waals surface area contributed by atoms with E-state index in [9.17, 15) is 9.59 Å². The maximum Gasteiger partial charge on any atom is 0.341 e. The van der Waals surface area contributed by atoms with Crippen molar-refractivity contribution in [3.05, 3.63) is 33.2 Å². The molecule has 0 aromatic carbocycles. The number of carboxylic acids is 1. The van der Waals surface area contributed by atoms with E-state index >= 15 is 0 Å². The zero-order valence-corrected chi connectivity index (χ0v) is 12.0. The van der Waals surface area contributed by atoms with Crippen molar-refractivity contribution in [1.29, 1.82) is 0 Å². The van der Waals surface area contributed by atoms with Crippen molar-refractivity contribution in [2.75, 3.05) is 0 Å². The van der Waals surface area contributed by atoms with Crippen LogP contribution < -0.4 is 5.56 Å². The fourth-order valence-electron chi connectivity index (χ4n) is 2.34. The van der Waals surface area contributed by atoms with Gasteiger partial charge in [0.2, 0.25) is 0 Å². The molecular formula is C15H23NO3. The predicted molar refractivity (Wildman–Crippen MR) is 75.9 cm³/mol. The SMILES string of the molecule is CCCCCCCn1c(C)cc(C)c(C(=O)O)c1=O. The zero-order valence-electron chi connectivity index (χ0n) is 12.0. The van der Waals surface area contributed by atoms with Crippen LogP contribution in [0, 0.1) is 13.8 Å². The summed E-state index contributed by atoms with van der Waals surface area (Å²) < 4.78 is 1.59. The monoisotopic (exact) mass is 265 g/mol. The molecule has 1 heterocycles. The highest BCUT2D eigenvalue weighted by molar-refractivity contribution is 5.88. The van der Waals surface area contributed by atoms with Gasteiger partial charge in [0.25, 0.3) is 5.56 Å². The first kappa shape index (κ1) is 15.5. The molecule has 0 atom stereocenters. The number of unbranched alkanes of at least 4 members (excludes halogenated alkanes) is 4. The molecule has 1 rings (SSSR count). The van der Waals surface area contributed by atoms with Crippen molar-refractivity contribution in [2.45, 2.75) is 59.4 Å². The molecule has 0 bridgehead atoms. The first-order chi connectivity index (χ1) is 8.99. The molecule has 0 saturated heterocycles. The Morgan fingerprint density at radius 1 is 1.21 bits per heavy atom. The average Bonchev–Trinajstić information content (AvgIpc) is 2.31. The molecule has 4 heteroatoms. The molecule has 0 radical (unpaired) electrons. The van der Waals surface area contributed by atoms with Crippen molar-refractivity contribution >= 4 is 5.97 Å². The number of aromatic carboxylic acids is 1. The largest absolute Gasteiger partial charge is 0.477 e. The molecule has 0 aliphatic heterocycles. The lowest BCUT2D eigenvalue weighted by molar-refractivity contribution is 0.0693. The molecule has 106 valence electrons. The first-order valence-electron chi connectivity index (χ1n) is 6.93. The second-order valence-corrected chi connectivity index (χ2v) is 5.02. The van der Waals surface area contributed by atoms with Crippen LogP contribution in [0.15, 0.2) is 10.9 Å². The summed E-state index contributed by atoms with van der Waals surface area (Å²) in [6.45, 7) is 6.29. The van der Waals surface area contributed by atoms with Gasteiger partial charge in [0, 0.05) is 12.2 Å². The van der Waals surface area contributed by atoms with Crippen LogP contribution in [0.25, 0.3) is 0 Å². The van der Waals surface area contributed by atoms with E-state index in [2.05, 4.69) is 6.92 Å². The van der Waals surface area contributed by atoms with Crippen LogP contribution in [-0.2, 0) is 6.54 Å². The highest BCUT2D eigenvalue weighted by Crippen LogP contribution is 2.09. The third-order valence-electron chi connectivity index (χ3n) is 3.40. The van der Waals surface area contributed by atoms with Gasteiger partial charge in [0.1, 0.15) is 5.56 Å². The van der Waals surface area contributed by atoms with Gasteiger partial charge >= 0.3 is 5.97 Å². The molecule has 4 nitrogen and oxygen atoms in total. The molecule has 1 aromatic heterocycles. The van der Waals surface area contributed by atoms with Crippen LogP contribution in [0.2, 0.25) is 0 Å². The van der Waals surface area contributed by atoms with E-state index in [1.165, 1.54) is 19.3 Å². The smallest absolute Gasteiger partial charge is 0.341 e. The fourth-order valence-corrected chi connectivity index (χ4v) is 2.34. The van der Waals surface area contributed by atoms with E-state index in [0.29, 0.717) is 12.1 Å². The quantitative estimate of drug-likeness (QED) is 0.770. The Hall–Kier alpha value is -1.58. The lowest BCUT2D eigenvalue weighted by atomic mass is 10.1. The number of aromatic nitrogens is 1. The van der Waals surface area contributed by atoms with Crippen LogP contribution in [0.5, 0.6) is 0 Å². The number of rotatable bonds is 7. The predicted octanol–water partition coefficient (Wildman–Crippen LogP) is 3.13. The number of aryl methyl sites for hydroxylation is 2. The summed E-state index contributed by atoms with van der Waals surface area (Å²) in [7, 11) is 0. The third kappa shape index (κ3) is 3.94. The topological polar surface area (TPSA) is 59.3 Å². The normalized spacial score (nSPS) is 10.7. The van der Waals surface area contributed by atoms with Gasteiger partial charge in [0.05, 0.1) is 0 Å². The Morgan fingerprint density at radius 2 is 1.84 bits per heavy atom. The molecule has 19 heavy (non-hydrogen) atoms. The lowest BCUT2D eigenvalue weighted by Gasteiger charge is -2.12. The summed E-state index contributed by atoms with van der Waals surface area (Å²) in [4.78, 5) is 23.3. The molecule has 0 amide bonds. The number of pyridine rings is 1. The molecular weight excluding hydrogens is 242 g/mol. The summed E-state index contributed by atoms with van der Waals surface area (Å²) in [5, 5.41) is 9.09. The third-order valence-corrected chi connectivity index (χ3v) is 3.40. The van der Waals surface area contributed by atoms with E-state index in [4.69, 9.17) is 5.11 Å². The fraction of sp³-hybridized carbons (Fsp3) is 0.600. The summed E-state index contributed by atoms with van der Waals surface area (Å²) in [6, 6.07) is 1.77. The first-order valence-corrected chi connectivity index (χ1v) is 6.93. The van der Waals surface area contributed by atoms with Gasteiger partial charge in [-0.3, -0.25) is 4.79 Å². The van der Waals surface area contributed by atoms with Gasteiger partial charge in [-0.25, -0.2) is 4.79 Å². The van der Waals surface area contributed by atoms with Gasteiger partial charge in [-0.1, -0.05) is 32.6 Å². The van der Waals surface area contributed by atoms with Crippen molar-refractivity contribution in [2.24, 2.45) is 0 Å². The Kier molecular flexibility index (Phi) is 5.80. The van der Waals surface area contributed by atoms with Crippen molar-refractivity contribution in [3.8, 4) is 0 Å². The van der Waals surface area contributed by atoms with Gasteiger partial charge in [-0.05, 0) is 31.9 Å². The summed E-state index contributed by atoms with van der Waals surface area (Å²) in [5.41, 5.74) is 0.903. The number of carboxylic acid groups (broad SMARTS) is 1. The number of nitrogens with zero attached hydrogens (tertiary/aromatic N) is 1.